The number of anilines is 1. The van der Waals surface area contributed by atoms with E-state index in [1.165, 1.54) is 4.57 Å². The molecule has 138 valence electrons. The molecule has 1 atom stereocenters. The average Bonchev–Trinajstić information content (AvgIpc) is 2.66. The minimum atomic E-state index is -0.304. The van der Waals surface area contributed by atoms with Crippen LogP contribution >= 0.6 is 0 Å². The Hall–Kier alpha value is -2.67. The Balaban J connectivity index is 1.83. The van der Waals surface area contributed by atoms with Crippen LogP contribution in [0.15, 0.2) is 35.1 Å². The van der Waals surface area contributed by atoms with Crippen LogP contribution in [0.5, 0.6) is 0 Å². The molecule has 1 unspecified atom stereocenters. The van der Waals surface area contributed by atoms with Crippen LogP contribution in [0.2, 0.25) is 0 Å². The SMILES string of the molecule is Cc1ccc(C(=O)N2CCOC(c3cccc(N(C)C)n3)C2)c(=O)n1C. The minimum absolute atomic E-state index is 0.189. The van der Waals surface area contributed by atoms with Gasteiger partial charge in [-0.05, 0) is 31.2 Å². The minimum Gasteiger partial charge on any atom is -0.368 e. The van der Waals surface area contributed by atoms with Crippen molar-refractivity contribution in [3.05, 3.63) is 57.6 Å². The van der Waals surface area contributed by atoms with Crippen molar-refractivity contribution in [1.29, 1.82) is 0 Å². The Kier molecular flexibility index (Phi) is 5.08. The zero-order valence-corrected chi connectivity index (χ0v) is 15.6. The molecule has 2 aromatic rings. The first-order valence-electron chi connectivity index (χ1n) is 8.60. The van der Waals surface area contributed by atoms with E-state index in [1.807, 2.05) is 44.1 Å². The summed E-state index contributed by atoms with van der Waals surface area (Å²) in [5.74, 6) is 0.574. The van der Waals surface area contributed by atoms with Crippen molar-refractivity contribution in [2.45, 2.75) is 13.0 Å². The van der Waals surface area contributed by atoms with Crippen LogP contribution in [0.1, 0.15) is 27.8 Å². The van der Waals surface area contributed by atoms with Crippen LogP contribution in [-0.4, -0.2) is 54.1 Å². The number of morpholine rings is 1. The van der Waals surface area contributed by atoms with Crippen molar-refractivity contribution in [2.24, 2.45) is 7.05 Å². The van der Waals surface area contributed by atoms with Crippen LogP contribution in [0, 0.1) is 6.92 Å². The largest absolute Gasteiger partial charge is 0.368 e. The van der Waals surface area contributed by atoms with E-state index in [4.69, 9.17) is 4.74 Å². The molecule has 0 radical (unpaired) electrons. The van der Waals surface area contributed by atoms with Gasteiger partial charge in [-0.25, -0.2) is 4.98 Å². The Labute approximate surface area is 152 Å². The number of aromatic nitrogens is 2. The number of ether oxygens (including phenoxy) is 1. The molecule has 3 heterocycles. The van der Waals surface area contributed by atoms with Gasteiger partial charge in [-0.15, -0.1) is 0 Å². The Morgan fingerprint density at radius 3 is 2.77 bits per heavy atom. The molecule has 1 fully saturated rings. The molecular formula is C19H24N4O3. The highest BCUT2D eigenvalue weighted by atomic mass is 16.5. The third-order valence-electron chi connectivity index (χ3n) is 4.68. The van der Waals surface area contributed by atoms with E-state index in [0.717, 1.165) is 17.2 Å². The van der Waals surface area contributed by atoms with Crippen molar-refractivity contribution in [2.75, 3.05) is 38.7 Å². The summed E-state index contributed by atoms with van der Waals surface area (Å²) in [7, 11) is 5.53. The molecule has 2 aromatic heterocycles. The molecule has 1 saturated heterocycles. The predicted octanol–water partition coefficient (Wildman–Crippen LogP) is 1.37. The summed E-state index contributed by atoms with van der Waals surface area (Å²) in [5, 5.41) is 0. The molecular weight excluding hydrogens is 332 g/mol. The molecule has 7 nitrogen and oxygen atoms in total. The second kappa shape index (κ2) is 7.29. The number of pyridine rings is 2. The number of rotatable bonds is 3. The lowest BCUT2D eigenvalue weighted by Gasteiger charge is -2.33. The molecule has 0 spiro atoms. The van der Waals surface area contributed by atoms with Crippen LogP contribution < -0.4 is 10.5 Å². The highest BCUT2D eigenvalue weighted by Gasteiger charge is 2.28. The fraction of sp³-hybridized carbons (Fsp3) is 0.421. The maximum absolute atomic E-state index is 12.9. The Bertz CT molecular complexity index is 875. The van der Waals surface area contributed by atoms with Gasteiger partial charge >= 0.3 is 0 Å². The van der Waals surface area contributed by atoms with Gasteiger partial charge < -0.3 is 19.1 Å². The number of carbonyl (C=O) groups excluding carboxylic acids is 1. The fourth-order valence-electron chi connectivity index (χ4n) is 2.94. The number of nitrogens with zero attached hydrogens (tertiary/aromatic N) is 4. The van der Waals surface area contributed by atoms with E-state index < -0.39 is 0 Å². The molecule has 1 aliphatic rings. The summed E-state index contributed by atoms with van der Waals surface area (Å²) < 4.78 is 7.32. The third-order valence-corrected chi connectivity index (χ3v) is 4.68. The van der Waals surface area contributed by atoms with Gasteiger partial charge in [-0.2, -0.15) is 0 Å². The number of carbonyl (C=O) groups is 1. The van der Waals surface area contributed by atoms with Gasteiger partial charge in [0.25, 0.3) is 11.5 Å². The fourth-order valence-corrected chi connectivity index (χ4v) is 2.94. The van der Waals surface area contributed by atoms with E-state index in [1.54, 1.807) is 24.1 Å². The Morgan fingerprint density at radius 1 is 1.27 bits per heavy atom. The lowest BCUT2D eigenvalue weighted by molar-refractivity contribution is -0.0247. The van der Waals surface area contributed by atoms with Crippen molar-refractivity contribution in [1.82, 2.24) is 14.5 Å². The van der Waals surface area contributed by atoms with Gasteiger partial charge in [0.15, 0.2) is 0 Å². The molecule has 7 heteroatoms. The molecule has 0 saturated carbocycles. The summed E-state index contributed by atoms with van der Waals surface area (Å²) >= 11 is 0. The molecule has 1 aliphatic heterocycles. The van der Waals surface area contributed by atoms with Gasteiger partial charge in [-0.1, -0.05) is 6.07 Å². The van der Waals surface area contributed by atoms with E-state index in [9.17, 15) is 9.59 Å². The summed E-state index contributed by atoms with van der Waals surface area (Å²) in [4.78, 5) is 33.5. The maximum Gasteiger partial charge on any atom is 0.263 e. The third kappa shape index (κ3) is 3.48. The lowest BCUT2D eigenvalue weighted by Crippen LogP contribution is -2.44. The van der Waals surface area contributed by atoms with Crippen LogP contribution in [0.4, 0.5) is 5.82 Å². The molecule has 0 N–H and O–H groups in total. The van der Waals surface area contributed by atoms with Crippen molar-refractivity contribution >= 4 is 11.7 Å². The average molecular weight is 356 g/mol. The van der Waals surface area contributed by atoms with E-state index in [0.29, 0.717) is 19.7 Å². The summed E-state index contributed by atoms with van der Waals surface area (Å²) in [6.45, 7) is 3.08. The highest BCUT2D eigenvalue weighted by Crippen LogP contribution is 2.23. The first-order chi connectivity index (χ1) is 12.4. The van der Waals surface area contributed by atoms with E-state index in [2.05, 4.69) is 4.98 Å². The van der Waals surface area contributed by atoms with Gasteiger partial charge in [0.2, 0.25) is 0 Å². The normalized spacial score (nSPS) is 17.2. The van der Waals surface area contributed by atoms with Gasteiger partial charge in [0.05, 0.1) is 18.8 Å². The summed E-state index contributed by atoms with van der Waals surface area (Å²) in [5.41, 5.74) is 1.51. The molecule has 26 heavy (non-hydrogen) atoms. The second-order valence-electron chi connectivity index (χ2n) is 6.68. The molecule has 1 amide bonds. The Morgan fingerprint density at radius 2 is 2.04 bits per heavy atom. The summed E-state index contributed by atoms with van der Waals surface area (Å²) in [6, 6.07) is 9.14. The van der Waals surface area contributed by atoms with Gasteiger partial charge in [0, 0.05) is 33.4 Å². The second-order valence-corrected chi connectivity index (χ2v) is 6.68. The standard InChI is InChI=1S/C19H24N4O3/c1-13-8-9-14(18(24)22(13)4)19(25)23-10-11-26-16(12-23)15-6-5-7-17(20-15)21(2)3/h5-9,16H,10-12H2,1-4H3. The smallest absolute Gasteiger partial charge is 0.263 e. The number of amides is 1. The molecule has 0 aliphatic carbocycles. The van der Waals surface area contributed by atoms with Crippen LogP contribution in [0.25, 0.3) is 0 Å². The zero-order chi connectivity index (χ0) is 18.8. The number of hydrogen-bond donors (Lipinski definition) is 0. The molecule has 0 aromatic carbocycles. The predicted molar refractivity (Wildman–Crippen MR) is 99.6 cm³/mol. The van der Waals surface area contributed by atoms with Gasteiger partial charge in [0.1, 0.15) is 17.5 Å². The van der Waals surface area contributed by atoms with Crippen molar-refractivity contribution < 1.29 is 9.53 Å². The number of hydrogen-bond acceptors (Lipinski definition) is 5. The van der Waals surface area contributed by atoms with Crippen LogP contribution in [0.3, 0.4) is 0 Å². The van der Waals surface area contributed by atoms with E-state index in [-0.39, 0.29) is 23.1 Å². The van der Waals surface area contributed by atoms with Crippen molar-refractivity contribution in [3.63, 3.8) is 0 Å². The quantitative estimate of drug-likeness (QED) is 0.831. The highest BCUT2D eigenvalue weighted by molar-refractivity contribution is 5.94. The number of aryl methyl sites for hydroxylation is 1. The molecule has 3 rings (SSSR count). The van der Waals surface area contributed by atoms with E-state index >= 15 is 0 Å². The maximum atomic E-state index is 12.9. The van der Waals surface area contributed by atoms with Crippen molar-refractivity contribution in [3.8, 4) is 0 Å². The monoisotopic (exact) mass is 356 g/mol. The summed E-state index contributed by atoms with van der Waals surface area (Å²) in [6.07, 6.45) is -0.304. The topological polar surface area (TPSA) is 67.7 Å². The lowest BCUT2D eigenvalue weighted by atomic mass is 10.1. The van der Waals surface area contributed by atoms with Crippen LogP contribution in [-0.2, 0) is 11.8 Å². The first kappa shape index (κ1) is 18.1. The zero-order valence-electron chi connectivity index (χ0n) is 15.6. The first-order valence-corrected chi connectivity index (χ1v) is 8.60. The van der Waals surface area contributed by atoms with Gasteiger partial charge in [-0.3, -0.25) is 9.59 Å². The molecule has 0 bridgehead atoms.